The molecule has 1 N–H and O–H groups in total. The summed E-state index contributed by atoms with van der Waals surface area (Å²) in [5, 5.41) is 12.9. The van der Waals surface area contributed by atoms with Gasteiger partial charge < -0.3 is 14.6 Å². The molecule has 10 heteroatoms. The van der Waals surface area contributed by atoms with Crippen molar-refractivity contribution >= 4 is 52.5 Å². The summed E-state index contributed by atoms with van der Waals surface area (Å²) in [6, 6.07) is 8.75. The topological polar surface area (TPSA) is 76.2 Å². The molecule has 2 aromatic heterocycles. The number of piperidine rings is 1. The SMILES string of the molecule is CC(Sc1nnc(N2CCCCC2)n1Cc1ccco1)C(=O)Nc1cc(Cl)ccc1Cl. The van der Waals surface area contributed by atoms with Crippen LogP contribution in [0.2, 0.25) is 10.0 Å². The molecule has 1 amide bonds. The summed E-state index contributed by atoms with van der Waals surface area (Å²) >= 11 is 13.5. The van der Waals surface area contributed by atoms with Crippen LogP contribution < -0.4 is 10.2 Å². The maximum Gasteiger partial charge on any atom is 0.237 e. The Morgan fingerprint density at radius 3 is 2.77 bits per heavy atom. The van der Waals surface area contributed by atoms with E-state index in [4.69, 9.17) is 27.6 Å². The number of halogens is 2. The van der Waals surface area contributed by atoms with Crippen molar-refractivity contribution in [2.45, 2.75) is 43.1 Å². The lowest BCUT2D eigenvalue weighted by Crippen LogP contribution is -2.32. The Labute approximate surface area is 195 Å². The number of carbonyl (C=O) groups excluding carboxylic acids is 1. The summed E-state index contributed by atoms with van der Waals surface area (Å²) in [4.78, 5) is 15.0. The largest absolute Gasteiger partial charge is 0.467 e. The van der Waals surface area contributed by atoms with Gasteiger partial charge in [0, 0.05) is 18.1 Å². The highest BCUT2D eigenvalue weighted by Crippen LogP contribution is 2.30. The van der Waals surface area contributed by atoms with Crippen LogP contribution in [-0.2, 0) is 11.3 Å². The molecule has 31 heavy (non-hydrogen) atoms. The van der Waals surface area contributed by atoms with Crippen LogP contribution in [0.4, 0.5) is 11.6 Å². The van der Waals surface area contributed by atoms with Gasteiger partial charge in [-0.2, -0.15) is 0 Å². The summed E-state index contributed by atoms with van der Waals surface area (Å²) < 4.78 is 7.57. The number of carbonyl (C=O) groups is 1. The zero-order chi connectivity index (χ0) is 21.8. The number of nitrogens with zero attached hydrogens (tertiary/aromatic N) is 4. The van der Waals surface area contributed by atoms with Gasteiger partial charge in [-0.05, 0) is 56.5 Å². The van der Waals surface area contributed by atoms with E-state index in [9.17, 15) is 4.79 Å². The molecule has 1 unspecified atom stereocenters. The van der Waals surface area contributed by atoms with Crippen LogP contribution in [0.25, 0.3) is 0 Å². The third-order valence-electron chi connectivity index (χ3n) is 5.07. The van der Waals surface area contributed by atoms with Gasteiger partial charge in [0.15, 0.2) is 5.16 Å². The van der Waals surface area contributed by atoms with Crippen LogP contribution in [0.3, 0.4) is 0 Å². The fourth-order valence-electron chi connectivity index (χ4n) is 3.43. The predicted molar refractivity (Wildman–Crippen MR) is 124 cm³/mol. The predicted octanol–water partition coefficient (Wildman–Crippen LogP) is 5.34. The monoisotopic (exact) mass is 479 g/mol. The Morgan fingerprint density at radius 1 is 1.23 bits per heavy atom. The lowest BCUT2D eigenvalue weighted by Gasteiger charge is -2.27. The first-order chi connectivity index (χ1) is 15.0. The number of furan rings is 1. The molecule has 3 aromatic rings. The molecule has 1 fully saturated rings. The molecule has 4 rings (SSSR count). The summed E-state index contributed by atoms with van der Waals surface area (Å²) in [7, 11) is 0. The molecule has 1 atom stereocenters. The van der Waals surface area contributed by atoms with E-state index in [2.05, 4.69) is 20.4 Å². The van der Waals surface area contributed by atoms with Crippen molar-refractivity contribution in [2.24, 2.45) is 0 Å². The van der Waals surface area contributed by atoms with Crippen molar-refractivity contribution < 1.29 is 9.21 Å². The quantitative estimate of drug-likeness (QED) is 0.461. The van der Waals surface area contributed by atoms with Gasteiger partial charge in [0.1, 0.15) is 5.76 Å². The van der Waals surface area contributed by atoms with Gasteiger partial charge >= 0.3 is 0 Å². The Hall–Kier alpha value is -2.16. The van der Waals surface area contributed by atoms with E-state index in [1.807, 2.05) is 23.6 Å². The van der Waals surface area contributed by atoms with Crippen molar-refractivity contribution in [3.05, 3.63) is 52.4 Å². The fourth-order valence-corrected chi connectivity index (χ4v) is 4.61. The van der Waals surface area contributed by atoms with Crippen molar-refractivity contribution in [3.63, 3.8) is 0 Å². The first-order valence-electron chi connectivity index (χ1n) is 10.1. The van der Waals surface area contributed by atoms with Gasteiger partial charge in [-0.25, -0.2) is 0 Å². The van der Waals surface area contributed by atoms with Crippen LogP contribution in [-0.4, -0.2) is 39.0 Å². The van der Waals surface area contributed by atoms with E-state index in [1.54, 1.807) is 24.5 Å². The normalized spacial score (nSPS) is 15.1. The summed E-state index contributed by atoms with van der Waals surface area (Å²) in [6.45, 7) is 4.22. The summed E-state index contributed by atoms with van der Waals surface area (Å²) in [5.41, 5.74) is 0.484. The van der Waals surface area contributed by atoms with Gasteiger partial charge in [-0.15, -0.1) is 10.2 Å². The van der Waals surface area contributed by atoms with Gasteiger partial charge in [-0.1, -0.05) is 35.0 Å². The van der Waals surface area contributed by atoms with Gasteiger partial charge in [0.2, 0.25) is 11.9 Å². The molecule has 1 aliphatic rings. The molecule has 0 radical (unpaired) electrons. The van der Waals surface area contributed by atoms with Gasteiger partial charge in [0.25, 0.3) is 0 Å². The lowest BCUT2D eigenvalue weighted by molar-refractivity contribution is -0.115. The Bertz CT molecular complexity index is 1030. The van der Waals surface area contributed by atoms with E-state index < -0.39 is 5.25 Å². The number of nitrogens with one attached hydrogen (secondary N) is 1. The highest BCUT2D eigenvalue weighted by Gasteiger charge is 2.24. The second-order valence-electron chi connectivity index (χ2n) is 7.37. The molecule has 0 saturated carbocycles. The number of hydrogen-bond donors (Lipinski definition) is 1. The minimum atomic E-state index is -0.427. The van der Waals surface area contributed by atoms with Crippen LogP contribution in [0.5, 0.6) is 0 Å². The first kappa shape index (κ1) is 22.0. The molecule has 7 nitrogen and oxygen atoms in total. The molecular weight excluding hydrogens is 457 g/mol. The molecule has 0 aliphatic carbocycles. The molecule has 0 spiro atoms. The van der Waals surface area contributed by atoms with Crippen LogP contribution in [0.1, 0.15) is 31.9 Å². The average molecular weight is 480 g/mol. The molecule has 1 saturated heterocycles. The van der Waals surface area contributed by atoms with E-state index in [0.29, 0.717) is 27.4 Å². The Balaban J connectivity index is 1.53. The number of anilines is 2. The van der Waals surface area contributed by atoms with Crippen molar-refractivity contribution in [2.75, 3.05) is 23.3 Å². The maximum atomic E-state index is 12.8. The second-order valence-corrected chi connectivity index (χ2v) is 9.52. The molecule has 1 aliphatic heterocycles. The molecule has 1 aromatic carbocycles. The second kappa shape index (κ2) is 9.97. The number of rotatable bonds is 7. The van der Waals surface area contributed by atoms with E-state index >= 15 is 0 Å². The molecule has 3 heterocycles. The minimum absolute atomic E-state index is 0.193. The van der Waals surface area contributed by atoms with Gasteiger partial charge in [0.05, 0.1) is 28.8 Å². The zero-order valence-electron chi connectivity index (χ0n) is 17.1. The minimum Gasteiger partial charge on any atom is -0.467 e. The zero-order valence-corrected chi connectivity index (χ0v) is 19.4. The Kier molecular flexibility index (Phi) is 7.09. The number of hydrogen-bond acceptors (Lipinski definition) is 6. The van der Waals surface area contributed by atoms with Crippen molar-refractivity contribution in [1.82, 2.24) is 14.8 Å². The molecule has 164 valence electrons. The maximum absolute atomic E-state index is 12.8. The smallest absolute Gasteiger partial charge is 0.237 e. The third-order valence-corrected chi connectivity index (χ3v) is 6.71. The summed E-state index contributed by atoms with van der Waals surface area (Å²) in [6.07, 6.45) is 5.15. The number of aromatic nitrogens is 3. The average Bonchev–Trinajstić information content (AvgIpc) is 3.42. The van der Waals surface area contributed by atoms with E-state index in [0.717, 1.165) is 37.6 Å². The Morgan fingerprint density at radius 2 is 2.03 bits per heavy atom. The third kappa shape index (κ3) is 5.37. The van der Waals surface area contributed by atoms with E-state index in [-0.39, 0.29) is 5.91 Å². The van der Waals surface area contributed by atoms with Crippen molar-refractivity contribution in [1.29, 1.82) is 0 Å². The van der Waals surface area contributed by atoms with Crippen LogP contribution in [0, 0.1) is 0 Å². The highest BCUT2D eigenvalue weighted by molar-refractivity contribution is 8.00. The van der Waals surface area contributed by atoms with Crippen LogP contribution in [0.15, 0.2) is 46.2 Å². The molecular formula is C21H23Cl2N5O2S. The van der Waals surface area contributed by atoms with E-state index in [1.165, 1.54) is 18.2 Å². The first-order valence-corrected chi connectivity index (χ1v) is 11.8. The van der Waals surface area contributed by atoms with Gasteiger partial charge in [-0.3, -0.25) is 9.36 Å². The van der Waals surface area contributed by atoms with Crippen LogP contribution >= 0.6 is 35.0 Å². The summed E-state index contributed by atoms with van der Waals surface area (Å²) in [5.74, 6) is 1.42. The van der Waals surface area contributed by atoms with Crippen molar-refractivity contribution in [3.8, 4) is 0 Å². The highest BCUT2D eigenvalue weighted by atomic mass is 35.5. The number of amides is 1. The standard InChI is InChI=1S/C21H23Cl2N5O2S/c1-14(19(29)24-18-12-15(22)7-8-17(18)23)31-21-26-25-20(27-9-3-2-4-10-27)28(21)13-16-6-5-11-30-16/h5-8,11-12,14H,2-4,9-10,13H2,1H3,(H,24,29). The fraction of sp³-hybridized carbons (Fsp3) is 0.381. The molecule has 0 bridgehead atoms. The number of thioether (sulfide) groups is 1. The lowest BCUT2D eigenvalue weighted by atomic mass is 10.1. The number of benzene rings is 1.